The topological polar surface area (TPSA) is 36.7 Å². The highest BCUT2D eigenvalue weighted by Crippen LogP contribution is 2.27. The Kier molecular flexibility index (Phi) is 3.09. The Hall–Kier alpha value is -1.56. The highest BCUT2D eigenvalue weighted by atomic mass is 35.5. The van der Waals surface area contributed by atoms with Gasteiger partial charge < -0.3 is 0 Å². The van der Waals surface area contributed by atoms with Gasteiger partial charge in [0.1, 0.15) is 11.2 Å². The lowest BCUT2D eigenvalue weighted by atomic mass is 10.1. The van der Waals surface area contributed by atoms with Crippen LogP contribution in [0.4, 0.5) is 0 Å². The van der Waals surface area contributed by atoms with Crippen LogP contribution < -0.4 is 0 Å². The van der Waals surface area contributed by atoms with E-state index >= 15 is 0 Å². The minimum absolute atomic E-state index is 0.194. The lowest BCUT2D eigenvalue weighted by Crippen LogP contribution is -1.88. The molecule has 16 heavy (non-hydrogen) atoms. The summed E-state index contributed by atoms with van der Waals surface area (Å²) in [6, 6.07) is 12.7. The molecule has 78 valence electrons. The molecule has 1 aromatic carbocycles. The van der Waals surface area contributed by atoms with E-state index in [-0.39, 0.29) is 5.15 Å². The van der Waals surface area contributed by atoms with Gasteiger partial charge in [-0.05, 0) is 18.2 Å². The second-order valence-corrected chi connectivity index (χ2v) is 3.89. The lowest BCUT2D eigenvalue weighted by molar-refractivity contribution is 1.30. The molecule has 0 saturated heterocycles. The van der Waals surface area contributed by atoms with Crippen molar-refractivity contribution in [2.45, 2.75) is 0 Å². The predicted molar refractivity (Wildman–Crippen MR) is 64.4 cm³/mol. The quantitative estimate of drug-likeness (QED) is 0.718. The standard InChI is InChI=1S/C12H6Cl2N2/c13-10-4-2-1-3-9(10)11-6-5-8(7-15)12(14)16-11/h1-6H. The van der Waals surface area contributed by atoms with Gasteiger partial charge in [-0.25, -0.2) is 4.98 Å². The number of hydrogen-bond acceptors (Lipinski definition) is 2. The summed E-state index contributed by atoms with van der Waals surface area (Å²) in [6.07, 6.45) is 0. The number of rotatable bonds is 1. The van der Waals surface area contributed by atoms with Gasteiger partial charge >= 0.3 is 0 Å². The molecule has 2 aromatic rings. The third-order valence-corrected chi connectivity index (χ3v) is 2.74. The van der Waals surface area contributed by atoms with Crippen molar-refractivity contribution in [1.29, 1.82) is 5.26 Å². The van der Waals surface area contributed by atoms with Gasteiger partial charge in [-0.3, -0.25) is 0 Å². The third kappa shape index (κ3) is 2.01. The predicted octanol–water partition coefficient (Wildman–Crippen LogP) is 3.93. The lowest BCUT2D eigenvalue weighted by Gasteiger charge is -2.04. The SMILES string of the molecule is N#Cc1ccc(-c2ccccc2Cl)nc1Cl. The first kappa shape index (κ1) is 10.9. The zero-order valence-corrected chi connectivity index (χ0v) is 9.63. The number of halogens is 2. The first-order chi connectivity index (χ1) is 7.72. The third-order valence-electron chi connectivity index (χ3n) is 2.12. The number of aromatic nitrogens is 1. The van der Waals surface area contributed by atoms with E-state index in [0.29, 0.717) is 16.3 Å². The summed E-state index contributed by atoms with van der Waals surface area (Å²) in [6.45, 7) is 0. The van der Waals surface area contributed by atoms with Gasteiger partial charge in [-0.2, -0.15) is 5.26 Å². The van der Waals surface area contributed by atoms with E-state index in [1.807, 2.05) is 24.3 Å². The molecule has 0 aliphatic carbocycles. The Bertz CT molecular complexity index is 573. The minimum Gasteiger partial charge on any atom is -0.235 e. The van der Waals surface area contributed by atoms with E-state index in [4.69, 9.17) is 28.5 Å². The zero-order valence-electron chi connectivity index (χ0n) is 8.11. The van der Waals surface area contributed by atoms with Gasteiger partial charge in [0.05, 0.1) is 11.3 Å². The normalized spacial score (nSPS) is 9.81. The molecule has 0 aliphatic heterocycles. The van der Waals surface area contributed by atoms with Crippen molar-refractivity contribution >= 4 is 23.2 Å². The van der Waals surface area contributed by atoms with Gasteiger partial charge in [0.15, 0.2) is 0 Å². The van der Waals surface area contributed by atoms with Crippen LogP contribution in [0.25, 0.3) is 11.3 Å². The number of hydrogen-bond donors (Lipinski definition) is 0. The minimum atomic E-state index is 0.194. The fourth-order valence-corrected chi connectivity index (χ4v) is 1.77. The summed E-state index contributed by atoms with van der Waals surface area (Å²) in [4.78, 5) is 4.13. The van der Waals surface area contributed by atoms with Crippen LogP contribution >= 0.6 is 23.2 Å². The summed E-state index contributed by atoms with van der Waals surface area (Å²) >= 11 is 11.9. The monoisotopic (exact) mass is 248 g/mol. The highest BCUT2D eigenvalue weighted by molar-refractivity contribution is 6.33. The van der Waals surface area contributed by atoms with Crippen LogP contribution in [0.15, 0.2) is 36.4 Å². The Morgan fingerprint density at radius 2 is 1.81 bits per heavy atom. The molecule has 1 heterocycles. The van der Waals surface area contributed by atoms with Gasteiger partial charge in [0.2, 0.25) is 0 Å². The van der Waals surface area contributed by atoms with Crippen LogP contribution in [0.1, 0.15) is 5.56 Å². The van der Waals surface area contributed by atoms with Crippen molar-refractivity contribution in [1.82, 2.24) is 4.98 Å². The largest absolute Gasteiger partial charge is 0.235 e. The second kappa shape index (κ2) is 4.52. The summed E-state index contributed by atoms with van der Waals surface area (Å²) in [5.41, 5.74) is 1.82. The average molecular weight is 249 g/mol. The molecule has 4 heteroatoms. The van der Waals surface area contributed by atoms with Crippen LogP contribution in [0.3, 0.4) is 0 Å². The van der Waals surface area contributed by atoms with Gasteiger partial charge in [-0.1, -0.05) is 41.4 Å². The van der Waals surface area contributed by atoms with Crippen molar-refractivity contribution in [3.05, 3.63) is 52.1 Å². The summed E-state index contributed by atoms with van der Waals surface area (Å²) < 4.78 is 0. The molecule has 2 rings (SSSR count). The molecule has 0 bridgehead atoms. The first-order valence-corrected chi connectivity index (χ1v) is 5.29. The van der Waals surface area contributed by atoms with E-state index in [1.165, 1.54) is 0 Å². The van der Waals surface area contributed by atoms with Crippen molar-refractivity contribution in [3.8, 4) is 17.3 Å². The van der Waals surface area contributed by atoms with E-state index < -0.39 is 0 Å². The average Bonchev–Trinajstić information content (AvgIpc) is 2.29. The van der Waals surface area contributed by atoms with E-state index in [0.717, 1.165) is 5.56 Å². The van der Waals surface area contributed by atoms with Crippen molar-refractivity contribution < 1.29 is 0 Å². The van der Waals surface area contributed by atoms with Gasteiger partial charge in [0, 0.05) is 10.6 Å². The number of nitriles is 1. The van der Waals surface area contributed by atoms with Crippen molar-refractivity contribution in [2.75, 3.05) is 0 Å². The smallest absolute Gasteiger partial charge is 0.147 e. The molecule has 0 atom stereocenters. The molecule has 0 saturated carbocycles. The molecule has 2 nitrogen and oxygen atoms in total. The molecule has 1 aromatic heterocycles. The summed E-state index contributed by atoms with van der Waals surface area (Å²) in [5, 5.41) is 9.54. The first-order valence-electron chi connectivity index (χ1n) is 4.54. The maximum Gasteiger partial charge on any atom is 0.147 e. The maximum atomic E-state index is 8.73. The fraction of sp³-hybridized carbons (Fsp3) is 0. The summed E-state index contributed by atoms with van der Waals surface area (Å²) in [7, 11) is 0. The molecule has 0 spiro atoms. The molecular formula is C12H6Cl2N2. The Morgan fingerprint density at radius 3 is 2.44 bits per heavy atom. The molecule has 0 aliphatic rings. The fourth-order valence-electron chi connectivity index (χ4n) is 1.34. The van der Waals surface area contributed by atoms with Crippen LogP contribution in [0.5, 0.6) is 0 Å². The molecule has 0 amide bonds. The van der Waals surface area contributed by atoms with Crippen LogP contribution in [-0.4, -0.2) is 4.98 Å². The highest BCUT2D eigenvalue weighted by Gasteiger charge is 2.07. The van der Waals surface area contributed by atoms with E-state index in [2.05, 4.69) is 4.98 Å². The van der Waals surface area contributed by atoms with E-state index in [1.54, 1.807) is 18.2 Å². The Labute approximate surface area is 103 Å². The molecule has 0 fully saturated rings. The molecule has 0 unspecified atom stereocenters. The molecule has 0 N–H and O–H groups in total. The van der Waals surface area contributed by atoms with Crippen LogP contribution in [-0.2, 0) is 0 Å². The number of benzene rings is 1. The number of pyridine rings is 1. The van der Waals surface area contributed by atoms with E-state index in [9.17, 15) is 0 Å². The Balaban J connectivity index is 2.55. The Morgan fingerprint density at radius 1 is 1.06 bits per heavy atom. The van der Waals surface area contributed by atoms with Gasteiger partial charge in [-0.15, -0.1) is 0 Å². The van der Waals surface area contributed by atoms with Crippen LogP contribution in [0, 0.1) is 11.3 Å². The van der Waals surface area contributed by atoms with Gasteiger partial charge in [0.25, 0.3) is 0 Å². The van der Waals surface area contributed by atoms with Crippen LogP contribution in [0.2, 0.25) is 10.2 Å². The molecular weight excluding hydrogens is 243 g/mol. The molecule has 0 radical (unpaired) electrons. The maximum absolute atomic E-state index is 8.73. The van der Waals surface area contributed by atoms with Crippen molar-refractivity contribution in [3.63, 3.8) is 0 Å². The second-order valence-electron chi connectivity index (χ2n) is 3.13. The van der Waals surface area contributed by atoms with Crippen molar-refractivity contribution in [2.24, 2.45) is 0 Å². The zero-order chi connectivity index (χ0) is 11.5. The summed E-state index contributed by atoms with van der Waals surface area (Å²) in [5.74, 6) is 0. The number of nitrogens with zero attached hydrogens (tertiary/aromatic N) is 2.